The molecule has 130 heavy (non-hydrogen) atoms. The van der Waals surface area contributed by atoms with Gasteiger partial charge >= 0.3 is 0 Å². The van der Waals surface area contributed by atoms with Crippen molar-refractivity contribution in [1.82, 2.24) is 0 Å². The van der Waals surface area contributed by atoms with Crippen molar-refractivity contribution < 1.29 is 197 Å². The second kappa shape index (κ2) is 88.3. The van der Waals surface area contributed by atoms with E-state index in [0.29, 0.717) is 112 Å². The Labute approximate surface area is 895 Å². The third kappa shape index (κ3) is 59.0. The standard InChI is InChI=1S/C13H27NOSi.C13H25NO.2C12H23NO.2C11H21NO.C10H21NOSi.C10H19NO.C9H15NO.9Co/c1-7-12(14-8-2)13(6,15)16(9-3,10-4)11-5;1-8-12(14-11(6)7)13(15,9(2)3)10(4)5;1-7-11(13-8-2)12(14,9(3)4)10(5)6;1-7-11(13-10(5)6)12(14,8-2)9(3)4;1-6-10(12-8-3)11(13,7-2)9(4)5;1-6-10(12-9(4)5)11(13,7-2)8-3;1-7-9(11-8-2)10(3,12)13(4,5)6;1-5-9(11-8-4)10(12,6-2)7-3;1-5-8(10-7-3)9(4,11)6-2;;;;;;;;;/h7,15H,1,8-11H2,2-6H3;8-11,15H,1H2,2-7H3;2*7,9-10,14H,1,8H2,2-6H3;2*6,9,13H,1,7-8H2,2-5H3;7,12H,1,8H2,2-6H3;5,12H,1,6-8H2,2-4H3;5-6,11H,1-2,7H2,3-4H3;;;;;;;;;. The Kier molecular flexibility index (Phi) is 116. The number of aliphatic hydroxyl groups is 9. The van der Waals surface area contributed by atoms with E-state index in [0.717, 1.165) is 35.3 Å². The van der Waals surface area contributed by atoms with E-state index in [1.165, 1.54) is 6.08 Å². The maximum atomic E-state index is 10.9. The van der Waals surface area contributed by atoms with E-state index in [1.807, 2.05) is 222 Å². The fraction of sp³-hybridized carbons (Fsp3) is 0.713. The summed E-state index contributed by atoms with van der Waals surface area (Å²) in [4.78, 5) is 38.7. The maximum Gasteiger partial charge on any atom is 0.121 e. The molecule has 0 aromatic heterocycles. The summed E-state index contributed by atoms with van der Waals surface area (Å²) in [7, 11) is -3.37. The smallest absolute Gasteiger partial charge is 0.121 e. The quantitative estimate of drug-likeness (QED) is 0.0159. The van der Waals surface area contributed by atoms with E-state index in [1.54, 1.807) is 61.6 Å². The molecule has 0 bridgehead atoms. The van der Waals surface area contributed by atoms with E-state index in [9.17, 15) is 46.0 Å². The average molecular weight is 2270 g/mol. The van der Waals surface area contributed by atoms with Crippen molar-refractivity contribution in [3.8, 4) is 0 Å². The molecule has 0 rings (SSSR count). The molecule has 0 fully saturated rings. The molecular weight excluding hydrogens is 2070 g/mol. The van der Waals surface area contributed by atoms with E-state index in [2.05, 4.69) is 151 Å². The largest absolute Gasteiger partial charge is 0.388 e. The zero-order chi connectivity index (χ0) is 97.9. The first-order chi connectivity index (χ1) is 55.5. The predicted octanol–water partition coefficient (Wildman–Crippen LogP) is 23.0. The Morgan fingerprint density at radius 2 is 0.469 bits per heavy atom. The van der Waals surface area contributed by atoms with Gasteiger partial charge in [-0.2, -0.15) is 0 Å². The second-order valence-electron chi connectivity index (χ2n) is 34.5. The van der Waals surface area contributed by atoms with Crippen LogP contribution in [0.1, 0.15) is 288 Å². The number of aliphatic imine (C=N–C) groups is 9. The van der Waals surface area contributed by atoms with Crippen LogP contribution in [0.3, 0.4) is 0 Å². The van der Waals surface area contributed by atoms with Gasteiger partial charge in [-0.05, 0) is 233 Å². The Balaban J connectivity index is -0.0000000674. The van der Waals surface area contributed by atoms with Crippen LogP contribution in [-0.4, -0.2) is 221 Å². The molecule has 0 aliphatic rings. The molecule has 0 aromatic carbocycles. The molecule has 29 heteroatoms. The fourth-order valence-corrected chi connectivity index (χ4v) is 18.6. The summed E-state index contributed by atoms with van der Waals surface area (Å²) >= 11 is 0. The molecule has 0 aliphatic carbocycles. The van der Waals surface area contributed by atoms with Crippen molar-refractivity contribution in [2.24, 2.45) is 80.4 Å². The minimum atomic E-state index is -1.71. The molecule has 18 nitrogen and oxygen atoms in total. The van der Waals surface area contributed by atoms with Gasteiger partial charge < -0.3 is 46.0 Å². The summed E-state index contributed by atoms with van der Waals surface area (Å²) in [5, 5.41) is 91.3. The van der Waals surface area contributed by atoms with Crippen LogP contribution in [0.5, 0.6) is 0 Å². The Hall–Kier alpha value is -0.938. The van der Waals surface area contributed by atoms with Crippen LogP contribution in [0.2, 0.25) is 37.8 Å². The Morgan fingerprint density at radius 3 is 0.677 bits per heavy atom. The number of hydrogen-bond acceptors (Lipinski definition) is 18. The van der Waals surface area contributed by atoms with E-state index in [-0.39, 0.29) is 205 Å². The molecule has 0 heterocycles. The Morgan fingerprint density at radius 1 is 0.262 bits per heavy atom. The minimum absolute atomic E-state index is 0. The second-order valence-corrected chi connectivity index (χ2v) is 45.6. The molecule has 9 radical (unpaired) electrons. The van der Waals surface area contributed by atoms with Gasteiger partial charge in [-0.15, -0.1) is 0 Å². The number of rotatable bonds is 45. The summed E-state index contributed by atoms with van der Waals surface area (Å²) < 4.78 is 0. The van der Waals surface area contributed by atoms with Gasteiger partial charge in [0.25, 0.3) is 0 Å². The van der Waals surface area contributed by atoms with Crippen LogP contribution in [0, 0.1) is 35.5 Å². The van der Waals surface area contributed by atoms with Crippen molar-refractivity contribution in [2.45, 2.75) is 393 Å². The van der Waals surface area contributed by atoms with Gasteiger partial charge in [-0.25, -0.2) is 0 Å². The first-order valence-corrected chi connectivity index (χ1v) is 51.5. The molecule has 5 unspecified atom stereocenters. The van der Waals surface area contributed by atoms with Crippen molar-refractivity contribution >= 4 is 67.6 Å². The molecule has 0 spiro atoms. The van der Waals surface area contributed by atoms with E-state index < -0.39 is 65.8 Å². The monoisotopic (exact) mass is 2260 g/mol. The predicted molar refractivity (Wildman–Crippen MR) is 550 cm³/mol. The third-order valence-corrected chi connectivity index (χ3v) is 32.4. The molecule has 0 amide bonds. The van der Waals surface area contributed by atoms with Crippen LogP contribution in [0.15, 0.2) is 171 Å². The van der Waals surface area contributed by atoms with Crippen LogP contribution in [-0.2, 0) is 151 Å². The molecule has 787 valence electrons. The van der Waals surface area contributed by atoms with Gasteiger partial charge in [0.1, 0.15) is 39.2 Å². The maximum absolute atomic E-state index is 10.9. The third-order valence-electron chi connectivity index (χ3n) is 22.8. The number of hydrogen-bond donors (Lipinski definition) is 9. The van der Waals surface area contributed by atoms with Gasteiger partial charge in [0.2, 0.25) is 0 Å². The topological polar surface area (TPSA) is 293 Å². The molecule has 0 saturated heterocycles. The van der Waals surface area contributed by atoms with Gasteiger partial charge in [0, 0.05) is 208 Å². The summed E-state index contributed by atoms with van der Waals surface area (Å²) in [5.74, 6) is 0.876. The van der Waals surface area contributed by atoms with E-state index >= 15 is 0 Å². The van der Waals surface area contributed by atoms with E-state index in [4.69, 9.17) is 0 Å². The van der Waals surface area contributed by atoms with Gasteiger partial charge in [0.15, 0.2) is 0 Å². The van der Waals surface area contributed by atoms with Gasteiger partial charge in [-0.1, -0.05) is 255 Å². The van der Waals surface area contributed by atoms with Crippen LogP contribution >= 0.6 is 0 Å². The normalized spacial score (nSPS) is 14.6. The molecule has 9 N–H and O–H groups in total. The van der Waals surface area contributed by atoms with Gasteiger partial charge in [-0.3, -0.25) is 44.9 Å². The molecule has 5 atom stereocenters. The zero-order valence-electron chi connectivity index (χ0n) is 88.7. The summed E-state index contributed by atoms with van der Waals surface area (Å²) in [6, 6.07) is 3.84. The first-order valence-electron chi connectivity index (χ1n) is 45.3. The first kappa shape index (κ1) is 172. The van der Waals surface area contributed by atoms with Crippen LogP contribution in [0.4, 0.5) is 0 Å². The van der Waals surface area contributed by atoms with Crippen LogP contribution < -0.4 is 0 Å². The molecule has 0 saturated carbocycles. The number of nitrogens with zero attached hydrogens (tertiary/aromatic N) is 9. The minimum Gasteiger partial charge on any atom is -0.388 e. The molecule has 0 aliphatic heterocycles. The van der Waals surface area contributed by atoms with Crippen molar-refractivity contribution in [2.75, 3.05) is 39.3 Å². The van der Waals surface area contributed by atoms with Crippen molar-refractivity contribution in [1.29, 1.82) is 0 Å². The SMILES string of the molecule is C=CC(=NC(C)C)C(O)(C(C)C)C(C)C.C=CC(=NC(C)C)C(O)(CC)C(C)C.C=CC(=NC(C)C)C(O)(CC)CC.C=CC(=NCC)C(C)(O)C=C.C=CC(=NCC)C(C)(O)[Si](C)(C)C.C=CC(=NCC)C(C)(O)[Si](CC)(CC)CC.C=CC(=NCC)C(O)(C(C)C)C(C)C.C=CC(=NCC)C(O)(CC)C(C)C.C=CC(=NCC)C(O)(CC)CC.[Co].[Co].[Co].[Co].[Co].[Co].[Co].[Co].[Co]. The fourth-order valence-electron chi connectivity index (χ4n) is 13.3. The van der Waals surface area contributed by atoms with Crippen molar-refractivity contribution in [3.05, 3.63) is 127 Å². The Bertz CT molecular complexity index is 3210. The van der Waals surface area contributed by atoms with Gasteiger partial charge in [0.05, 0.1) is 78.0 Å². The zero-order valence-corrected chi connectivity index (χ0v) is 100. The summed E-state index contributed by atoms with van der Waals surface area (Å²) in [5.41, 5.74) is 0.415. The summed E-state index contributed by atoms with van der Waals surface area (Å²) in [6.45, 7) is 119. The average Bonchev–Trinajstić information content (AvgIpc) is 0.776. The van der Waals surface area contributed by atoms with Crippen molar-refractivity contribution in [3.63, 3.8) is 0 Å². The van der Waals surface area contributed by atoms with Crippen LogP contribution in [0.25, 0.3) is 0 Å². The summed E-state index contributed by atoms with van der Waals surface area (Å²) in [6.07, 6.45) is 20.5. The molecular formula is C101H195Co9N9O9Si2. The molecule has 0 aromatic rings.